The van der Waals surface area contributed by atoms with Crippen LogP contribution in [0.5, 0.6) is 11.5 Å². The normalized spacial score (nSPS) is 13.3. The van der Waals surface area contributed by atoms with Gasteiger partial charge in [0.05, 0.1) is 23.4 Å². The minimum atomic E-state index is -0.243. The fourth-order valence-electron chi connectivity index (χ4n) is 10.2. The molecule has 8 aromatic carbocycles. The number of aromatic nitrogens is 2. The maximum absolute atomic E-state index is 6.92. The van der Waals surface area contributed by atoms with E-state index in [1.807, 2.05) is 6.20 Å². The zero-order valence-corrected chi connectivity index (χ0v) is 41.8. The maximum atomic E-state index is 6.92. The highest BCUT2D eigenvalue weighted by Crippen LogP contribution is 2.42. The van der Waals surface area contributed by atoms with E-state index in [-0.39, 0.29) is 16.2 Å². The predicted molar refractivity (Wildman–Crippen MR) is 297 cm³/mol. The average Bonchev–Trinajstić information content (AvgIpc) is 3.99. The molecular weight excluding hydrogens is 865 g/mol. The second-order valence-corrected chi connectivity index (χ2v) is 21.0. The Morgan fingerprint density at radius 2 is 1.04 bits per heavy atom. The average molecular weight is 925 g/mol. The molecule has 0 spiro atoms. The van der Waals surface area contributed by atoms with Crippen LogP contribution in [0.25, 0.3) is 44.4 Å². The monoisotopic (exact) mass is 924 g/mol. The number of ether oxygens (including phenoxy) is 1. The molecule has 0 N–H and O–H groups in total. The molecule has 0 radical (unpaired) electrons. The molecule has 11 rings (SSSR count). The molecule has 1 aliphatic heterocycles. The van der Waals surface area contributed by atoms with E-state index in [1.54, 1.807) is 0 Å². The van der Waals surface area contributed by atoms with Gasteiger partial charge >= 0.3 is 0 Å². The topological polar surface area (TPSA) is 33.5 Å². The van der Waals surface area contributed by atoms with Crippen molar-refractivity contribution in [3.63, 3.8) is 0 Å². The Labute approximate surface area is 419 Å². The Morgan fingerprint density at radius 1 is 0.423 bits per heavy atom. The number of rotatable bonds is 11. The Kier molecular flexibility index (Phi) is 11.5. The second-order valence-electron chi connectivity index (χ2n) is 21.0. The molecule has 0 fully saturated rings. The fourth-order valence-corrected chi connectivity index (χ4v) is 10.2. The van der Waals surface area contributed by atoms with Crippen LogP contribution < -0.4 is 14.5 Å². The molecule has 0 saturated heterocycles. The van der Waals surface area contributed by atoms with Crippen molar-refractivity contribution < 1.29 is 4.74 Å². The molecule has 2 aromatic heterocycles. The van der Waals surface area contributed by atoms with E-state index in [0.717, 1.165) is 56.4 Å². The van der Waals surface area contributed by atoms with Crippen molar-refractivity contribution in [1.29, 1.82) is 0 Å². The van der Waals surface area contributed by atoms with E-state index in [1.165, 1.54) is 44.3 Å². The molecular formula is C66H60N4O. The van der Waals surface area contributed by atoms with Gasteiger partial charge in [0.2, 0.25) is 0 Å². The van der Waals surface area contributed by atoms with Gasteiger partial charge in [0.25, 0.3) is 0 Å². The van der Waals surface area contributed by atoms with Gasteiger partial charge in [-0.3, -0.25) is 4.57 Å². The summed E-state index contributed by atoms with van der Waals surface area (Å²) in [5, 5.41) is 2.31. The van der Waals surface area contributed by atoms with E-state index in [0.29, 0.717) is 6.67 Å². The highest BCUT2D eigenvalue weighted by atomic mass is 16.5. The molecule has 0 amide bonds. The predicted octanol–water partition coefficient (Wildman–Crippen LogP) is 16.9. The van der Waals surface area contributed by atoms with Gasteiger partial charge in [-0.25, -0.2) is 4.98 Å². The Hall–Kier alpha value is -8.15. The molecule has 0 atom stereocenters. The van der Waals surface area contributed by atoms with Crippen molar-refractivity contribution in [1.82, 2.24) is 9.55 Å². The summed E-state index contributed by atoms with van der Waals surface area (Å²) in [6.45, 7) is 16.7. The standard InChI is InChI=1S/C66H60N4O/c1-64(2,3)53-37-48(46-21-12-8-13-22-46)38-55(39-53)68-44-62(47-23-14-9-15-24-47)69(45-68)54-29-20-30-56(42-54)71-57-32-33-58-59-40-51(65(4,5)49-25-16-10-17-26-49)31-34-60(59)70(61(58)43-57)63-41-52(35-36-67-63)66(6,7)50-27-18-11-19-28-50/h8-44H,45H2,1-7H3. The highest BCUT2D eigenvalue weighted by Gasteiger charge is 2.29. The van der Waals surface area contributed by atoms with Crippen molar-refractivity contribution in [2.24, 2.45) is 0 Å². The number of anilines is 2. The third-order valence-electron chi connectivity index (χ3n) is 14.7. The van der Waals surface area contributed by atoms with Crippen molar-refractivity contribution >= 4 is 38.9 Å². The number of hydrogen-bond donors (Lipinski definition) is 0. The van der Waals surface area contributed by atoms with E-state index in [2.05, 4.69) is 281 Å². The molecule has 0 aliphatic carbocycles. The molecule has 10 aromatic rings. The number of benzene rings is 8. The quantitative estimate of drug-likeness (QED) is 0.129. The molecule has 350 valence electrons. The summed E-state index contributed by atoms with van der Waals surface area (Å²) in [6, 6.07) is 76.2. The Bertz CT molecular complexity index is 3570. The van der Waals surface area contributed by atoms with Crippen molar-refractivity contribution in [3.05, 3.63) is 258 Å². The van der Waals surface area contributed by atoms with Gasteiger partial charge in [-0.15, -0.1) is 0 Å². The Balaban J connectivity index is 0.983. The zero-order chi connectivity index (χ0) is 48.9. The van der Waals surface area contributed by atoms with E-state index in [9.17, 15) is 0 Å². The van der Waals surface area contributed by atoms with Crippen LogP contribution in [0.4, 0.5) is 11.4 Å². The van der Waals surface area contributed by atoms with Gasteiger partial charge in [0.1, 0.15) is 17.3 Å². The van der Waals surface area contributed by atoms with Crippen LogP contribution in [0, 0.1) is 0 Å². The van der Waals surface area contributed by atoms with Crippen LogP contribution in [0.1, 0.15) is 81.8 Å². The molecule has 3 heterocycles. The summed E-state index contributed by atoms with van der Waals surface area (Å²) >= 11 is 0. The van der Waals surface area contributed by atoms with Gasteiger partial charge in [-0.1, -0.05) is 188 Å². The number of nitrogens with zero attached hydrogens (tertiary/aromatic N) is 4. The lowest BCUT2D eigenvalue weighted by Gasteiger charge is -2.27. The Morgan fingerprint density at radius 3 is 1.70 bits per heavy atom. The third-order valence-corrected chi connectivity index (χ3v) is 14.7. The smallest absolute Gasteiger partial charge is 0.137 e. The van der Waals surface area contributed by atoms with Crippen molar-refractivity contribution in [2.45, 2.75) is 64.7 Å². The molecule has 71 heavy (non-hydrogen) atoms. The summed E-state index contributed by atoms with van der Waals surface area (Å²) in [5.74, 6) is 2.37. The zero-order valence-electron chi connectivity index (χ0n) is 41.8. The summed E-state index contributed by atoms with van der Waals surface area (Å²) < 4.78 is 9.23. The molecule has 1 aliphatic rings. The third kappa shape index (κ3) is 8.67. The molecule has 0 saturated carbocycles. The van der Waals surface area contributed by atoms with Gasteiger partial charge in [-0.2, -0.15) is 0 Å². The van der Waals surface area contributed by atoms with Crippen LogP contribution in [-0.4, -0.2) is 16.2 Å². The van der Waals surface area contributed by atoms with Crippen LogP contribution in [0.3, 0.4) is 0 Å². The van der Waals surface area contributed by atoms with Crippen LogP contribution in [0.15, 0.2) is 225 Å². The largest absolute Gasteiger partial charge is 0.457 e. The fraction of sp³-hybridized carbons (Fsp3) is 0.167. The lowest BCUT2D eigenvalue weighted by Crippen LogP contribution is -2.26. The number of hydrogen-bond acceptors (Lipinski definition) is 4. The first-order chi connectivity index (χ1) is 34.3. The van der Waals surface area contributed by atoms with E-state index in [4.69, 9.17) is 9.72 Å². The van der Waals surface area contributed by atoms with Gasteiger partial charge < -0.3 is 14.5 Å². The lowest BCUT2D eigenvalue weighted by molar-refractivity contribution is 0.483. The van der Waals surface area contributed by atoms with Gasteiger partial charge in [-0.05, 0) is 111 Å². The first-order valence-electron chi connectivity index (χ1n) is 24.8. The molecule has 0 unspecified atom stereocenters. The summed E-state index contributed by atoms with van der Waals surface area (Å²) in [5.41, 5.74) is 14.8. The maximum Gasteiger partial charge on any atom is 0.137 e. The highest BCUT2D eigenvalue weighted by molar-refractivity contribution is 6.10. The molecule has 5 nitrogen and oxygen atoms in total. The summed E-state index contributed by atoms with van der Waals surface area (Å²) in [6.07, 6.45) is 4.25. The van der Waals surface area contributed by atoms with Crippen LogP contribution in [0.2, 0.25) is 0 Å². The minimum absolute atomic E-state index is 0.0317. The molecule has 5 heteroatoms. The summed E-state index contributed by atoms with van der Waals surface area (Å²) in [4.78, 5) is 9.85. The van der Waals surface area contributed by atoms with E-state index < -0.39 is 0 Å². The van der Waals surface area contributed by atoms with Gasteiger partial charge in [0, 0.05) is 57.5 Å². The summed E-state index contributed by atoms with van der Waals surface area (Å²) in [7, 11) is 0. The number of pyridine rings is 1. The van der Waals surface area contributed by atoms with Crippen molar-refractivity contribution in [3.8, 4) is 28.4 Å². The van der Waals surface area contributed by atoms with Crippen molar-refractivity contribution in [2.75, 3.05) is 16.5 Å². The van der Waals surface area contributed by atoms with Crippen LogP contribution in [-0.2, 0) is 16.2 Å². The SMILES string of the molecule is CC(C)(C)c1cc(-c2ccccc2)cc(N2C=C(c3ccccc3)N(c3cccc(Oc4ccc5c6cc(C(C)(C)c7ccccc7)ccc6n(-c6cc(C(C)(C)c7ccccc7)ccn6)c5c4)c3)C2)c1. The first-order valence-corrected chi connectivity index (χ1v) is 24.8. The first kappa shape index (κ1) is 45.3. The van der Waals surface area contributed by atoms with E-state index >= 15 is 0 Å². The molecule has 0 bridgehead atoms. The minimum Gasteiger partial charge on any atom is -0.457 e. The lowest BCUT2D eigenvalue weighted by atomic mass is 9.78. The second kappa shape index (κ2) is 18.0. The van der Waals surface area contributed by atoms with Gasteiger partial charge in [0.15, 0.2) is 0 Å². The van der Waals surface area contributed by atoms with Crippen LogP contribution >= 0.6 is 0 Å². The number of fused-ring (bicyclic) bond motifs is 3.